The highest BCUT2D eigenvalue weighted by atomic mass is 15.3. The first-order chi connectivity index (χ1) is 8.38. The third-order valence-electron chi connectivity index (χ3n) is 3.80. The van der Waals surface area contributed by atoms with E-state index in [4.69, 9.17) is 9.97 Å². The van der Waals surface area contributed by atoms with Crippen LogP contribution in [0.3, 0.4) is 0 Å². The van der Waals surface area contributed by atoms with Crippen LogP contribution in [-0.2, 0) is 12.8 Å². The maximum atomic E-state index is 4.76. The van der Waals surface area contributed by atoms with Crippen LogP contribution in [0.1, 0.15) is 36.9 Å². The molecule has 0 amide bonds. The van der Waals surface area contributed by atoms with E-state index in [9.17, 15) is 0 Å². The van der Waals surface area contributed by atoms with Gasteiger partial charge in [0.2, 0.25) is 5.95 Å². The van der Waals surface area contributed by atoms with Crippen LogP contribution < -0.4 is 10.2 Å². The van der Waals surface area contributed by atoms with Crippen molar-refractivity contribution < 1.29 is 0 Å². The van der Waals surface area contributed by atoms with E-state index in [1.165, 1.54) is 36.9 Å². The Hall–Kier alpha value is -1.32. The monoisotopic (exact) mass is 232 g/mol. The lowest BCUT2D eigenvalue weighted by Crippen LogP contribution is -2.31. The van der Waals surface area contributed by atoms with E-state index in [2.05, 4.69) is 10.2 Å². The van der Waals surface area contributed by atoms with Gasteiger partial charge in [-0.05, 0) is 38.5 Å². The van der Waals surface area contributed by atoms with Crippen molar-refractivity contribution in [2.24, 2.45) is 0 Å². The fourth-order valence-corrected chi connectivity index (χ4v) is 2.86. The lowest BCUT2D eigenvalue weighted by molar-refractivity contribution is 0.567. The van der Waals surface area contributed by atoms with Gasteiger partial charge in [-0.3, -0.25) is 0 Å². The third kappa shape index (κ3) is 1.96. The predicted molar refractivity (Wildman–Crippen MR) is 69.7 cm³/mol. The van der Waals surface area contributed by atoms with Crippen LogP contribution in [0.4, 0.5) is 11.8 Å². The fraction of sp³-hybridized carbons (Fsp3) is 0.692. The van der Waals surface area contributed by atoms with Crippen molar-refractivity contribution in [1.82, 2.24) is 9.97 Å². The second kappa shape index (κ2) is 4.51. The molecule has 0 bridgehead atoms. The number of anilines is 2. The summed E-state index contributed by atoms with van der Waals surface area (Å²) in [6.07, 6.45) is 7.37. The molecule has 1 aliphatic heterocycles. The average molecular weight is 232 g/mol. The summed E-state index contributed by atoms with van der Waals surface area (Å²) in [7, 11) is 1.96. The Kier molecular flexibility index (Phi) is 2.87. The maximum absolute atomic E-state index is 4.76. The zero-order chi connectivity index (χ0) is 11.7. The molecule has 2 aliphatic rings. The summed E-state index contributed by atoms with van der Waals surface area (Å²) in [5, 5.41) is 3.23. The highest BCUT2D eigenvalue weighted by Crippen LogP contribution is 2.28. The van der Waals surface area contributed by atoms with Crippen molar-refractivity contribution in [2.75, 3.05) is 30.4 Å². The van der Waals surface area contributed by atoms with Gasteiger partial charge in [-0.15, -0.1) is 0 Å². The summed E-state index contributed by atoms with van der Waals surface area (Å²) in [5.74, 6) is 1.99. The third-order valence-corrected chi connectivity index (χ3v) is 3.80. The topological polar surface area (TPSA) is 41.1 Å². The molecule has 0 radical (unpaired) electrons. The van der Waals surface area contributed by atoms with Crippen LogP contribution in [0.2, 0.25) is 0 Å². The molecule has 4 nitrogen and oxygen atoms in total. The number of rotatable bonds is 2. The van der Waals surface area contributed by atoms with Crippen molar-refractivity contribution in [3.63, 3.8) is 0 Å². The minimum absolute atomic E-state index is 0.940. The SMILES string of the molecule is CNc1nc(N2CCCCC2)nc2c1CCC2. The van der Waals surface area contributed by atoms with Crippen LogP contribution in [0.25, 0.3) is 0 Å². The van der Waals surface area contributed by atoms with Crippen LogP contribution in [0.5, 0.6) is 0 Å². The summed E-state index contributed by atoms with van der Waals surface area (Å²) in [5.41, 5.74) is 2.61. The normalized spacial score (nSPS) is 19.2. The largest absolute Gasteiger partial charge is 0.373 e. The highest BCUT2D eigenvalue weighted by molar-refractivity contribution is 5.52. The maximum Gasteiger partial charge on any atom is 0.227 e. The lowest BCUT2D eigenvalue weighted by atomic mass is 10.1. The van der Waals surface area contributed by atoms with Crippen molar-refractivity contribution in [1.29, 1.82) is 0 Å². The number of hydrogen-bond donors (Lipinski definition) is 1. The lowest BCUT2D eigenvalue weighted by Gasteiger charge is -2.27. The molecular formula is C13H20N4. The highest BCUT2D eigenvalue weighted by Gasteiger charge is 2.21. The van der Waals surface area contributed by atoms with Crippen molar-refractivity contribution in [3.05, 3.63) is 11.3 Å². The van der Waals surface area contributed by atoms with Gasteiger partial charge in [0.25, 0.3) is 0 Å². The molecular weight excluding hydrogens is 212 g/mol. The predicted octanol–water partition coefficient (Wildman–Crippen LogP) is 2.00. The van der Waals surface area contributed by atoms with E-state index in [0.29, 0.717) is 0 Å². The summed E-state index contributed by atoms with van der Waals surface area (Å²) in [4.78, 5) is 11.8. The first kappa shape index (κ1) is 10.8. The molecule has 1 fully saturated rings. The van der Waals surface area contributed by atoms with E-state index >= 15 is 0 Å². The van der Waals surface area contributed by atoms with E-state index in [1.807, 2.05) is 7.05 Å². The molecule has 4 heteroatoms. The number of hydrogen-bond acceptors (Lipinski definition) is 4. The standard InChI is InChI=1S/C13H20N4/c1-14-12-10-6-5-7-11(10)15-13(16-12)17-8-3-2-4-9-17/h2-9H2,1H3,(H,14,15,16). The van der Waals surface area contributed by atoms with E-state index in [0.717, 1.165) is 37.7 Å². The van der Waals surface area contributed by atoms with Crippen LogP contribution in [0.15, 0.2) is 0 Å². The number of aromatic nitrogens is 2. The minimum Gasteiger partial charge on any atom is -0.373 e. The number of aryl methyl sites for hydroxylation is 1. The molecule has 1 aromatic rings. The quantitative estimate of drug-likeness (QED) is 0.846. The first-order valence-electron chi connectivity index (χ1n) is 6.71. The molecule has 3 rings (SSSR count). The smallest absolute Gasteiger partial charge is 0.227 e. The minimum atomic E-state index is 0.940. The van der Waals surface area contributed by atoms with Crippen LogP contribution in [-0.4, -0.2) is 30.1 Å². The van der Waals surface area contributed by atoms with Gasteiger partial charge < -0.3 is 10.2 Å². The summed E-state index contributed by atoms with van der Waals surface area (Å²) in [6.45, 7) is 2.23. The number of nitrogens with one attached hydrogen (secondary N) is 1. The number of nitrogens with zero attached hydrogens (tertiary/aromatic N) is 3. The van der Waals surface area contributed by atoms with E-state index in [-0.39, 0.29) is 0 Å². The number of piperidine rings is 1. The average Bonchev–Trinajstić information content (AvgIpc) is 2.86. The van der Waals surface area contributed by atoms with Crippen molar-refractivity contribution in [2.45, 2.75) is 38.5 Å². The van der Waals surface area contributed by atoms with E-state index in [1.54, 1.807) is 0 Å². The van der Waals surface area contributed by atoms with Crippen molar-refractivity contribution in [3.8, 4) is 0 Å². The molecule has 1 aromatic heterocycles. The zero-order valence-corrected chi connectivity index (χ0v) is 10.5. The Balaban J connectivity index is 1.94. The van der Waals surface area contributed by atoms with Crippen LogP contribution >= 0.6 is 0 Å². The van der Waals surface area contributed by atoms with Gasteiger partial charge in [-0.2, -0.15) is 4.98 Å². The van der Waals surface area contributed by atoms with E-state index < -0.39 is 0 Å². The molecule has 92 valence electrons. The molecule has 17 heavy (non-hydrogen) atoms. The summed E-state index contributed by atoms with van der Waals surface area (Å²) < 4.78 is 0. The second-order valence-corrected chi connectivity index (χ2v) is 4.95. The Morgan fingerprint density at radius 3 is 2.59 bits per heavy atom. The van der Waals surface area contributed by atoms with Crippen molar-refractivity contribution >= 4 is 11.8 Å². The van der Waals surface area contributed by atoms with Gasteiger partial charge in [0, 0.05) is 25.7 Å². The first-order valence-corrected chi connectivity index (χ1v) is 6.71. The van der Waals surface area contributed by atoms with Crippen LogP contribution in [0, 0.1) is 0 Å². The van der Waals surface area contributed by atoms with Gasteiger partial charge in [0.05, 0.1) is 5.69 Å². The molecule has 0 unspecified atom stereocenters. The molecule has 0 spiro atoms. The molecule has 1 saturated heterocycles. The summed E-state index contributed by atoms with van der Waals surface area (Å²) >= 11 is 0. The second-order valence-electron chi connectivity index (χ2n) is 4.95. The van der Waals surface area contributed by atoms with Gasteiger partial charge >= 0.3 is 0 Å². The zero-order valence-electron chi connectivity index (χ0n) is 10.5. The molecule has 1 N–H and O–H groups in total. The Bertz CT molecular complexity index is 410. The van der Waals surface area contributed by atoms with Gasteiger partial charge in [0.1, 0.15) is 5.82 Å². The van der Waals surface area contributed by atoms with Gasteiger partial charge in [0.15, 0.2) is 0 Å². The Morgan fingerprint density at radius 1 is 1.00 bits per heavy atom. The Morgan fingerprint density at radius 2 is 1.82 bits per heavy atom. The van der Waals surface area contributed by atoms with Gasteiger partial charge in [-0.1, -0.05) is 0 Å². The number of fused-ring (bicyclic) bond motifs is 1. The molecule has 0 saturated carbocycles. The molecule has 0 atom stereocenters. The molecule has 0 aromatic carbocycles. The molecule has 2 heterocycles. The fourth-order valence-electron chi connectivity index (χ4n) is 2.86. The summed E-state index contributed by atoms with van der Waals surface area (Å²) in [6, 6.07) is 0. The molecule has 1 aliphatic carbocycles. The van der Waals surface area contributed by atoms with Gasteiger partial charge in [-0.25, -0.2) is 4.98 Å². The Labute approximate surface area is 102 Å².